The number of carbonyl (C=O) groups excluding carboxylic acids is 1. The van der Waals surface area contributed by atoms with Crippen LogP contribution in [0.1, 0.15) is 5.56 Å². The molecule has 184 valence electrons. The van der Waals surface area contributed by atoms with E-state index in [0.717, 1.165) is 4.31 Å². The molecule has 0 saturated heterocycles. The summed E-state index contributed by atoms with van der Waals surface area (Å²) in [6.45, 7) is -0.573. The number of aromatic hydroxyl groups is 1. The smallest absolute Gasteiger partial charge is 0.264 e. The molecule has 0 aliphatic carbocycles. The second-order valence-electron chi connectivity index (χ2n) is 7.09. The van der Waals surface area contributed by atoms with Crippen molar-refractivity contribution in [3.63, 3.8) is 0 Å². The number of sulfonamides is 1. The highest BCUT2D eigenvalue weighted by Crippen LogP contribution is 2.35. The van der Waals surface area contributed by atoms with Crippen molar-refractivity contribution in [1.29, 1.82) is 0 Å². The van der Waals surface area contributed by atoms with E-state index in [9.17, 15) is 18.3 Å². The molecule has 0 heterocycles. The average Bonchev–Trinajstić information content (AvgIpc) is 2.88. The standard InChI is InChI=1S/C24H25N3O7S/c1-32-18-10-11-20(22(14-18)33-2)27(35(30,31)19-7-5-4-6-8-19)16-24(29)26-25-15-17-9-12-21(28)23(13-17)34-3/h4-15,28H,16H2,1-3H3,(H,26,29)/b25-15-. The van der Waals surface area contributed by atoms with Crippen LogP contribution < -0.4 is 23.9 Å². The number of hydrogen-bond donors (Lipinski definition) is 2. The number of hydrogen-bond acceptors (Lipinski definition) is 8. The van der Waals surface area contributed by atoms with Gasteiger partial charge in [0.05, 0.1) is 38.1 Å². The highest BCUT2D eigenvalue weighted by Gasteiger charge is 2.29. The minimum Gasteiger partial charge on any atom is -0.504 e. The van der Waals surface area contributed by atoms with Crippen molar-refractivity contribution >= 4 is 27.8 Å². The summed E-state index contributed by atoms with van der Waals surface area (Å²) in [7, 11) is 0.138. The molecule has 11 heteroatoms. The lowest BCUT2D eigenvalue weighted by Gasteiger charge is -2.25. The summed E-state index contributed by atoms with van der Waals surface area (Å²) in [6, 6.07) is 16.9. The lowest BCUT2D eigenvalue weighted by atomic mass is 10.2. The Kier molecular flexibility index (Phi) is 8.16. The molecule has 3 rings (SSSR count). The van der Waals surface area contributed by atoms with Gasteiger partial charge in [-0.05, 0) is 48.0 Å². The maximum atomic E-state index is 13.5. The second-order valence-corrected chi connectivity index (χ2v) is 8.95. The maximum absolute atomic E-state index is 13.5. The lowest BCUT2D eigenvalue weighted by Crippen LogP contribution is -2.39. The van der Waals surface area contributed by atoms with Gasteiger partial charge in [0, 0.05) is 6.07 Å². The fraction of sp³-hybridized carbons (Fsp3) is 0.167. The van der Waals surface area contributed by atoms with E-state index in [1.807, 2.05) is 0 Å². The zero-order chi connectivity index (χ0) is 25.4. The molecule has 0 aliphatic rings. The van der Waals surface area contributed by atoms with E-state index in [0.29, 0.717) is 11.3 Å². The summed E-state index contributed by atoms with van der Waals surface area (Å²) >= 11 is 0. The zero-order valence-electron chi connectivity index (χ0n) is 19.3. The molecule has 2 N–H and O–H groups in total. The Labute approximate surface area is 203 Å². The van der Waals surface area contributed by atoms with Crippen molar-refractivity contribution in [2.24, 2.45) is 5.10 Å². The molecule has 0 radical (unpaired) electrons. The van der Waals surface area contributed by atoms with E-state index in [1.54, 1.807) is 30.3 Å². The summed E-state index contributed by atoms with van der Waals surface area (Å²) in [6.07, 6.45) is 1.34. The van der Waals surface area contributed by atoms with Crippen molar-refractivity contribution in [3.8, 4) is 23.0 Å². The molecule has 0 bridgehead atoms. The van der Waals surface area contributed by atoms with Gasteiger partial charge in [0.1, 0.15) is 18.0 Å². The second kappa shape index (κ2) is 11.3. The first-order valence-corrected chi connectivity index (χ1v) is 11.7. The van der Waals surface area contributed by atoms with Gasteiger partial charge in [-0.25, -0.2) is 13.8 Å². The molecule has 0 unspecified atom stereocenters. The molecule has 0 spiro atoms. The molecule has 35 heavy (non-hydrogen) atoms. The Bertz CT molecular complexity index is 1310. The molecule has 0 saturated carbocycles. The fourth-order valence-electron chi connectivity index (χ4n) is 3.13. The van der Waals surface area contributed by atoms with Gasteiger partial charge in [0.15, 0.2) is 11.5 Å². The number of anilines is 1. The number of phenolic OH excluding ortho intramolecular Hbond substituents is 1. The van der Waals surface area contributed by atoms with Gasteiger partial charge in [-0.1, -0.05) is 18.2 Å². The van der Waals surface area contributed by atoms with Crippen molar-refractivity contribution < 1.29 is 32.5 Å². The number of ether oxygens (including phenoxy) is 3. The largest absolute Gasteiger partial charge is 0.504 e. The Morgan fingerprint density at radius 1 is 0.971 bits per heavy atom. The first-order chi connectivity index (χ1) is 16.8. The van der Waals surface area contributed by atoms with Gasteiger partial charge in [0.2, 0.25) is 0 Å². The first kappa shape index (κ1) is 25.4. The van der Waals surface area contributed by atoms with Crippen LogP contribution in [0.5, 0.6) is 23.0 Å². The van der Waals surface area contributed by atoms with Gasteiger partial charge in [-0.3, -0.25) is 9.10 Å². The molecule has 3 aromatic carbocycles. The zero-order valence-corrected chi connectivity index (χ0v) is 20.2. The molecule has 0 aliphatic heterocycles. The summed E-state index contributed by atoms with van der Waals surface area (Å²) in [4.78, 5) is 12.7. The predicted octanol–water partition coefficient (Wildman–Crippen LogP) is 2.76. The quantitative estimate of drug-likeness (QED) is 0.324. The number of carbonyl (C=O) groups is 1. The molecule has 10 nitrogen and oxygen atoms in total. The molecule has 0 aromatic heterocycles. The highest BCUT2D eigenvalue weighted by atomic mass is 32.2. The van der Waals surface area contributed by atoms with E-state index < -0.39 is 22.5 Å². The van der Waals surface area contributed by atoms with Gasteiger partial charge >= 0.3 is 0 Å². The Morgan fingerprint density at radius 3 is 2.34 bits per heavy atom. The van der Waals surface area contributed by atoms with Crippen LogP contribution in [0, 0.1) is 0 Å². The molecule has 3 aromatic rings. The number of benzene rings is 3. The third kappa shape index (κ3) is 6.01. The van der Waals surface area contributed by atoms with Gasteiger partial charge < -0.3 is 19.3 Å². The number of rotatable bonds is 10. The summed E-state index contributed by atoms with van der Waals surface area (Å²) in [5.41, 5.74) is 3.02. The van der Waals surface area contributed by atoms with E-state index in [1.165, 1.54) is 63.9 Å². The number of amides is 1. The van der Waals surface area contributed by atoms with Crippen molar-refractivity contribution in [2.45, 2.75) is 4.90 Å². The topological polar surface area (TPSA) is 127 Å². The molecular formula is C24H25N3O7S. The van der Waals surface area contributed by atoms with Gasteiger partial charge in [-0.15, -0.1) is 0 Å². The monoisotopic (exact) mass is 499 g/mol. The highest BCUT2D eigenvalue weighted by molar-refractivity contribution is 7.92. The number of hydrazone groups is 1. The summed E-state index contributed by atoms with van der Waals surface area (Å²) in [5, 5.41) is 13.6. The Morgan fingerprint density at radius 2 is 1.69 bits per heavy atom. The maximum Gasteiger partial charge on any atom is 0.264 e. The molecule has 0 atom stereocenters. The van der Waals surface area contributed by atoms with Crippen LogP contribution in [-0.4, -0.2) is 53.5 Å². The van der Waals surface area contributed by atoms with E-state index in [-0.39, 0.29) is 27.8 Å². The van der Waals surface area contributed by atoms with Crippen LogP contribution in [0.3, 0.4) is 0 Å². The number of phenols is 1. The van der Waals surface area contributed by atoms with E-state index in [4.69, 9.17) is 14.2 Å². The van der Waals surface area contributed by atoms with E-state index in [2.05, 4.69) is 10.5 Å². The third-order valence-electron chi connectivity index (χ3n) is 4.88. The number of methoxy groups -OCH3 is 3. The lowest BCUT2D eigenvalue weighted by molar-refractivity contribution is -0.119. The molecular weight excluding hydrogens is 474 g/mol. The van der Waals surface area contributed by atoms with Gasteiger partial charge in [-0.2, -0.15) is 5.10 Å². The predicted molar refractivity (Wildman–Crippen MR) is 131 cm³/mol. The van der Waals surface area contributed by atoms with Crippen molar-refractivity contribution in [2.75, 3.05) is 32.2 Å². The molecule has 0 fully saturated rings. The van der Waals surface area contributed by atoms with Gasteiger partial charge in [0.25, 0.3) is 15.9 Å². The average molecular weight is 500 g/mol. The van der Waals surface area contributed by atoms with Crippen LogP contribution in [0.4, 0.5) is 5.69 Å². The third-order valence-corrected chi connectivity index (χ3v) is 6.65. The fourth-order valence-corrected chi connectivity index (χ4v) is 4.58. The van der Waals surface area contributed by atoms with Crippen LogP contribution >= 0.6 is 0 Å². The van der Waals surface area contributed by atoms with Crippen LogP contribution in [0.2, 0.25) is 0 Å². The number of nitrogens with one attached hydrogen (secondary N) is 1. The normalized spacial score (nSPS) is 11.2. The number of nitrogens with zero attached hydrogens (tertiary/aromatic N) is 2. The van der Waals surface area contributed by atoms with E-state index >= 15 is 0 Å². The van der Waals surface area contributed by atoms with Crippen molar-refractivity contribution in [3.05, 3.63) is 72.3 Å². The van der Waals surface area contributed by atoms with Crippen LogP contribution in [-0.2, 0) is 14.8 Å². The minimum absolute atomic E-state index is 0.00496. The Hall–Kier alpha value is -4.25. The molecule has 1 amide bonds. The SMILES string of the molecule is COc1ccc(N(CC(=O)N/N=C\c2ccc(O)c(OC)c2)S(=O)(=O)c2ccccc2)c(OC)c1. The Balaban J connectivity index is 1.89. The van der Waals surface area contributed by atoms with Crippen LogP contribution in [0.25, 0.3) is 0 Å². The minimum atomic E-state index is -4.14. The van der Waals surface area contributed by atoms with Crippen molar-refractivity contribution in [1.82, 2.24) is 5.43 Å². The summed E-state index contributed by atoms with van der Waals surface area (Å²) < 4.78 is 43.5. The van der Waals surface area contributed by atoms with Crippen LogP contribution in [0.15, 0.2) is 76.7 Å². The first-order valence-electron chi connectivity index (χ1n) is 10.3. The summed E-state index contributed by atoms with van der Waals surface area (Å²) in [5.74, 6) is 0.178.